The van der Waals surface area contributed by atoms with Crippen LogP contribution in [0, 0.1) is 24.7 Å². The number of rotatable bonds is 10. The average Bonchev–Trinajstić information content (AvgIpc) is 3.45. The highest BCUT2D eigenvalue weighted by atomic mass is 32.2. The van der Waals surface area contributed by atoms with Gasteiger partial charge in [-0.1, -0.05) is 36.1 Å². The molecule has 0 saturated carbocycles. The molecule has 254 valence electrons. The second kappa shape index (κ2) is 16.3. The van der Waals surface area contributed by atoms with Crippen molar-refractivity contribution in [1.29, 1.82) is 0 Å². The highest BCUT2D eigenvalue weighted by Gasteiger charge is 2.27. The number of amides is 2. The van der Waals surface area contributed by atoms with E-state index < -0.39 is 15.6 Å². The predicted octanol–water partition coefficient (Wildman–Crippen LogP) is 5.11. The van der Waals surface area contributed by atoms with Gasteiger partial charge in [-0.25, -0.2) is 4.21 Å². The van der Waals surface area contributed by atoms with Crippen LogP contribution in [0.15, 0.2) is 88.4 Å². The van der Waals surface area contributed by atoms with E-state index in [2.05, 4.69) is 36.5 Å². The van der Waals surface area contributed by atoms with Crippen molar-refractivity contribution in [2.24, 2.45) is 17.3 Å². The van der Waals surface area contributed by atoms with Crippen LogP contribution in [0.1, 0.15) is 63.9 Å². The molecular weight excluding hydrogens is 641 g/mol. The summed E-state index contributed by atoms with van der Waals surface area (Å²) in [5.41, 5.74) is 3.07. The van der Waals surface area contributed by atoms with Crippen LogP contribution in [0.3, 0.4) is 0 Å². The minimum absolute atomic E-state index is 0.159. The Morgan fingerprint density at radius 3 is 2.59 bits per heavy atom. The molecule has 0 spiro atoms. The Balaban J connectivity index is 1.29. The molecule has 1 N–H and O–H groups in total. The van der Waals surface area contributed by atoms with Crippen molar-refractivity contribution in [1.82, 2.24) is 19.7 Å². The van der Waals surface area contributed by atoms with Crippen LogP contribution in [0.2, 0.25) is 0 Å². The van der Waals surface area contributed by atoms with Gasteiger partial charge in [-0.2, -0.15) is 9.46 Å². The third-order valence-corrected chi connectivity index (χ3v) is 10.4. The molecule has 2 atom stereocenters. The number of nitrogens with zero attached hydrogens (tertiary/aromatic N) is 5. The lowest BCUT2D eigenvalue weighted by atomic mass is 9.98. The fourth-order valence-corrected chi connectivity index (χ4v) is 7.60. The van der Waals surface area contributed by atoms with Crippen LogP contribution in [0.25, 0.3) is 0 Å². The normalized spacial score (nSPS) is 15.7. The number of likely N-dealkylation sites (tertiary alicyclic amines) is 1. The number of pyridine rings is 1. The van der Waals surface area contributed by atoms with E-state index in [1.807, 2.05) is 19.1 Å². The lowest BCUT2D eigenvalue weighted by molar-refractivity contribution is -0.149. The van der Waals surface area contributed by atoms with E-state index >= 15 is 0 Å². The summed E-state index contributed by atoms with van der Waals surface area (Å²) in [4.78, 5) is 45.3. The summed E-state index contributed by atoms with van der Waals surface area (Å²) in [6, 6.07) is 19.2. The van der Waals surface area contributed by atoms with Gasteiger partial charge in [0.05, 0.1) is 33.5 Å². The summed E-state index contributed by atoms with van der Waals surface area (Å²) < 4.78 is 25.4. The van der Waals surface area contributed by atoms with Gasteiger partial charge in [-0.05, 0) is 88.7 Å². The van der Waals surface area contributed by atoms with Gasteiger partial charge in [-0.15, -0.1) is 0 Å². The Bertz CT molecular complexity index is 2010. The largest absolute Gasteiger partial charge is 0.466 e. The Kier molecular flexibility index (Phi) is 11.7. The molecule has 2 aromatic carbocycles. The molecule has 49 heavy (non-hydrogen) atoms. The molecule has 12 heteroatoms. The number of ether oxygens (including phenoxy) is 1. The number of aromatic nitrogens is 3. The van der Waals surface area contributed by atoms with Crippen molar-refractivity contribution < 1.29 is 23.3 Å². The summed E-state index contributed by atoms with van der Waals surface area (Å²) in [7, 11) is -1.39. The maximum absolute atomic E-state index is 14.3. The summed E-state index contributed by atoms with van der Waals surface area (Å²) in [5.74, 6) is 5.01. The van der Waals surface area contributed by atoms with Crippen molar-refractivity contribution in [2.75, 3.05) is 37.3 Å². The van der Waals surface area contributed by atoms with E-state index in [4.69, 9.17) is 4.74 Å². The van der Waals surface area contributed by atoms with Crippen LogP contribution in [-0.2, 0) is 26.3 Å². The Morgan fingerprint density at radius 1 is 1.04 bits per heavy atom. The maximum Gasteiger partial charge on any atom is 0.310 e. The van der Waals surface area contributed by atoms with Gasteiger partial charge in [-0.3, -0.25) is 24.0 Å². The Hall–Kier alpha value is -5.12. The highest BCUT2D eigenvalue weighted by Crippen LogP contribution is 2.21. The zero-order chi connectivity index (χ0) is 34.8. The predicted molar refractivity (Wildman–Crippen MR) is 187 cm³/mol. The van der Waals surface area contributed by atoms with Crippen molar-refractivity contribution in [2.45, 2.75) is 38.0 Å². The number of benzene rings is 2. The van der Waals surface area contributed by atoms with Crippen LogP contribution < -0.4 is 5.32 Å². The zero-order valence-corrected chi connectivity index (χ0v) is 28.7. The van der Waals surface area contributed by atoms with Crippen LogP contribution in [0.5, 0.6) is 0 Å². The first kappa shape index (κ1) is 35.2. The van der Waals surface area contributed by atoms with Crippen molar-refractivity contribution in [3.05, 3.63) is 107 Å². The fourth-order valence-electron chi connectivity index (χ4n) is 5.69. The first-order valence-corrected chi connectivity index (χ1v) is 17.9. The molecule has 0 radical (unpaired) electrons. The van der Waals surface area contributed by atoms with E-state index in [-0.39, 0.29) is 29.1 Å². The molecule has 11 nitrogen and oxygen atoms in total. The van der Waals surface area contributed by atoms with Gasteiger partial charge in [0.15, 0.2) is 0 Å². The molecule has 3 heterocycles. The summed E-state index contributed by atoms with van der Waals surface area (Å²) in [6.45, 7) is 6.07. The second-order valence-corrected chi connectivity index (χ2v) is 14.2. The number of esters is 1. The number of carbonyl (C=O) groups is 3. The number of hydrogen-bond donors (Lipinski definition) is 1. The second-order valence-electron chi connectivity index (χ2n) is 11.8. The monoisotopic (exact) mass is 680 g/mol. The maximum atomic E-state index is 14.3. The third-order valence-electron chi connectivity index (χ3n) is 8.05. The number of aryl methyl sites for hydroxylation is 2. The van der Waals surface area contributed by atoms with Gasteiger partial charge in [0.2, 0.25) is 0 Å². The average molecular weight is 681 g/mol. The van der Waals surface area contributed by atoms with Crippen LogP contribution >= 0.6 is 0 Å². The molecule has 1 aliphatic heterocycles. The molecule has 2 amide bonds. The molecule has 1 fully saturated rings. The van der Waals surface area contributed by atoms with Gasteiger partial charge in [0.25, 0.3) is 11.8 Å². The lowest BCUT2D eigenvalue weighted by Crippen LogP contribution is -2.40. The summed E-state index contributed by atoms with van der Waals surface area (Å²) in [5, 5.41) is 7.09. The van der Waals surface area contributed by atoms with E-state index in [1.165, 1.54) is 17.1 Å². The van der Waals surface area contributed by atoms with Crippen molar-refractivity contribution in [3.8, 4) is 11.8 Å². The zero-order valence-electron chi connectivity index (χ0n) is 27.9. The molecule has 5 rings (SSSR count). The summed E-state index contributed by atoms with van der Waals surface area (Å²) >= 11 is 0. The van der Waals surface area contributed by atoms with Gasteiger partial charge >= 0.3 is 5.97 Å². The summed E-state index contributed by atoms with van der Waals surface area (Å²) in [6.07, 6.45) is 5.15. The van der Waals surface area contributed by atoms with Crippen molar-refractivity contribution >= 4 is 33.2 Å². The van der Waals surface area contributed by atoms with E-state index in [0.29, 0.717) is 53.5 Å². The quantitative estimate of drug-likeness (QED) is 0.180. The number of carbonyl (C=O) groups excluding carboxylic acids is 3. The molecular formula is C37H40N6O5S. The number of nitrogens with one attached hydrogen (secondary N) is 1. The van der Waals surface area contributed by atoms with Gasteiger partial charge < -0.3 is 15.0 Å². The molecule has 0 aliphatic carbocycles. The molecule has 1 aliphatic rings. The SMILES string of the molecule is CCOC(=O)C1CCCN(CCC[S@@](=O)(=NC(=O)c2cncc(C#Cc3cccc(NC(=O)c4cc(C)nn4C)c3)c2)c2ccccc2)C1. The van der Waals surface area contributed by atoms with Crippen molar-refractivity contribution in [3.63, 3.8) is 0 Å². The Morgan fingerprint density at radius 2 is 1.84 bits per heavy atom. The third kappa shape index (κ3) is 9.49. The molecule has 1 unspecified atom stereocenters. The van der Waals surface area contributed by atoms with Crippen LogP contribution in [0.4, 0.5) is 5.69 Å². The fraction of sp³-hybridized carbons (Fsp3) is 0.324. The number of piperidine rings is 1. The topological polar surface area (TPSA) is 136 Å². The van der Waals surface area contributed by atoms with Gasteiger partial charge in [0, 0.05) is 53.4 Å². The smallest absolute Gasteiger partial charge is 0.310 e. The first-order chi connectivity index (χ1) is 23.6. The molecule has 4 aromatic rings. The first-order valence-electron chi connectivity index (χ1n) is 16.3. The minimum Gasteiger partial charge on any atom is -0.466 e. The Labute approximate surface area is 287 Å². The molecule has 1 saturated heterocycles. The number of hydrogen-bond acceptors (Lipinski definition) is 8. The van der Waals surface area contributed by atoms with Gasteiger partial charge in [0.1, 0.15) is 5.69 Å². The lowest BCUT2D eigenvalue weighted by Gasteiger charge is -2.31. The van der Waals surface area contributed by atoms with E-state index in [9.17, 15) is 18.6 Å². The van der Waals surface area contributed by atoms with Crippen LogP contribution in [-0.4, -0.2) is 73.7 Å². The van der Waals surface area contributed by atoms with E-state index in [1.54, 1.807) is 68.6 Å². The molecule has 0 bridgehead atoms. The number of anilines is 1. The minimum atomic E-state index is -3.11. The molecule has 2 aromatic heterocycles. The standard InChI is InChI=1S/C37H40N6O5S/c1-4-48-37(46)30-12-9-18-43(26-30)19-10-20-49(47,33-14-6-5-7-15-33)41-35(44)31-22-29(24-38-25-31)17-16-28-11-8-13-32(23-28)39-36(45)34-21-27(2)40-42(34)3/h5-8,11,13-15,21-25,30H,4,9-10,12,18-20,26H2,1-3H3,(H,39,45)/t30?,49-/m0/s1. The highest BCUT2D eigenvalue weighted by molar-refractivity contribution is 7.94. The van der Waals surface area contributed by atoms with E-state index in [0.717, 1.165) is 25.1 Å².